The molecule has 2 aromatic rings. The number of aliphatic hydroxyl groups is 1. The van der Waals surface area contributed by atoms with E-state index in [1.807, 2.05) is 0 Å². The van der Waals surface area contributed by atoms with Crippen LogP contribution in [-0.4, -0.2) is 49.1 Å². The van der Waals surface area contributed by atoms with E-state index in [-0.39, 0.29) is 29.0 Å². The number of aliphatic hydroxyl groups excluding tert-OH is 1. The molecular weight excluding hydrogens is 352 g/mol. The van der Waals surface area contributed by atoms with Gasteiger partial charge in [0.1, 0.15) is 28.8 Å². The Labute approximate surface area is 144 Å². The molecule has 0 saturated carbocycles. The largest absolute Gasteiger partial charge is 0.513 e. The number of aryl methyl sites for hydroxylation is 1. The second kappa shape index (κ2) is 6.11. The maximum Gasteiger partial charge on any atom is 0.513 e. The molecule has 0 amide bonds. The number of ether oxygens (including phenoxy) is 2. The van der Waals surface area contributed by atoms with Crippen LogP contribution >= 0.6 is 0 Å². The van der Waals surface area contributed by atoms with Crippen LogP contribution in [0.15, 0.2) is 17.1 Å². The van der Waals surface area contributed by atoms with E-state index in [0.29, 0.717) is 0 Å². The zero-order chi connectivity index (χ0) is 19.2. The number of aromatic nitrogens is 2. The van der Waals surface area contributed by atoms with Gasteiger partial charge >= 0.3 is 18.1 Å². The second-order valence-corrected chi connectivity index (χ2v) is 5.38. The Hall–Kier alpha value is -3.47. The average molecular weight is 364 g/mol. The molecule has 136 valence electrons. The number of hydrogen-bond donors (Lipinski definition) is 3. The van der Waals surface area contributed by atoms with Gasteiger partial charge in [0.15, 0.2) is 0 Å². The molecule has 1 aliphatic rings. The van der Waals surface area contributed by atoms with E-state index in [2.05, 4.69) is 9.72 Å². The van der Waals surface area contributed by atoms with Crippen molar-refractivity contribution in [2.45, 2.75) is 25.7 Å². The highest BCUT2D eigenvalue weighted by Crippen LogP contribution is 2.37. The highest BCUT2D eigenvalue weighted by Gasteiger charge is 2.42. The van der Waals surface area contributed by atoms with Crippen molar-refractivity contribution in [1.29, 1.82) is 0 Å². The fourth-order valence-electron chi connectivity index (χ4n) is 2.67. The minimum atomic E-state index is -1.86. The van der Waals surface area contributed by atoms with E-state index >= 15 is 0 Å². The summed E-state index contributed by atoms with van der Waals surface area (Å²) in [4.78, 5) is 49.9. The van der Waals surface area contributed by atoms with E-state index in [0.717, 1.165) is 12.3 Å². The van der Waals surface area contributed by atoms with Crippen molar-refractivity contribution in [3.8, 4) is 5.75 Å². The van der Waals surface area contributed by atoms with E-state index < -0.39 is 41.3 Å². The first-order valence-electron chi connectivity index (χ1n) is 7.35. The van der Waals surface area contributed by atoms with Crippen LogP contribution in [0.4, 0.5) is 4.79 Å². The number of carboxylic acid groups (broad SMARTS) is 2. The van der Waals surface area contributed by atoms with E-state index in [4.69, 9.17) is 14.9 Å². The predicted molar refractivity (Wildman–Crippen MR) is 82.1 cm³/mol. The summed E-state index contributed by atoms with van der Waals surface area (Å²) in [6.07, 6.45) is -4.02. The quantitative estimate of drug-likeness (QED) is 0.503. The normalized spacial score (nSPS) is 18.2. The molecule has 0 spiro atoms. The third kappa shape index (κ3) is 2.63. The fourth-order valence-corrected chi connectivity index (χ4v) is 2.67. The summed E-state index contributed by atoms with van der Waals surface area (Å²) in [6, 6.07) is 1.16. The van der Waals surface area contributed by atoms with Crippen LogP contribution in [0.2, 0.25) is 0 Å². The molecule has 0 aliphatic carbocycles. The number of rotatable bonds is 3. The number of carbonyl (C=O) groups is 3. The van der Waals surface area contributed by atoms with Crippen LogP contribution in [0.3, 0.4) is 0 Å². The van der Waals surface area contributed by atoms with Crippen molar-refractivity contribution >= 4 is 29.1 Å². The van der Waals surface area contributed by atoms with Crippen LogP contribution in [0.25, 0.3) is 11.0 Å². The lowest BCUT2D eigenvalue weighted by Gasteiger charge is -2.11. The van der Waals surface area contributed by atoms with Gasteiger partial charge in [-0.2, -0.15) is 0 Å². The van der Waals surface area contributed by atoms with Crippen LogP contribution in [0, 0.1) is 0 Å². The molecule has 11 nitrogen and oxygen atoms in total. The Morgan fingerprint density at radius 1 is 1.35 bits per heavy atom. The monoisotopic (exact) mass is 364 g/mol. The van der Waals surface area contributed by atoms with Gasteiger partial charge in [-0.05, 0) is 13.0 Å². The number of pyridine rings is 2. The lowest BCUT2D eigenvalue weighted by atomic mass is 10.1. The van der Waals surface area contributed by atoms with Gasteiger partial charge in [0.2, 0.25) is 11.5 Å². The van der Waals surface area contributed by atoms with Gasteiger partial charge in [-0.25, -0.2) is 19.4 Å². The van der Waals surface area contributed by atoms with E-state index in [1.54, 1.807) is 6.92 Å². The molecule has 3 rings (SSSR count). The second-order valence-electron chi connectivity index (χ2n) is 5.38. The number of carbonyl (C=O) groups excluding carboxylic acids is 1. The van der Waals surface area contributed by atoms with Crippen LogP contribution in [-0.2, 0) is 16.1 Å². The number of hydrogen-bond acceptors (Lipinski definition) is 8. The number of esters is 1. The molecule has 3 heterocycles. The van der Waals surface area contributed by atoms with Crippen LogP contribution < -0.4 is 10.2 Å². The van der Waals surface area contributed by atoms with Crippen molar-refractivity contribution in [3.05, 3.63) is 33.7 Å². The maximum atomic E-state index is 12.4. The summed E-state index contributed by atoms with van der Waals surface area (Å²) >= 11 is 0. The van der Waals surface area contributed by atoms with Gasteiger partial charge in [0.05, 0.1) is 5.39 Å². The highest BCUT2D eigenvalue weighted by molar-refractivity contribution is 5.92. The predicted octanol–water partition coefficient (Wildman–Crippen LogP) is 0.130. The minimum absolute atomic E-state index is 0.0787. The molecule has 2 aromatic heterocycles. The summed E-state index contributed by atoms with van der Waals surface area (Å²) in [5.74, 6) is -2.90. The smallest absolute Gasteiger partial charge is 0.477 e. The van der Waals surface area contributed by atoms with Crippen LogP contribution in [0.1, 0.15) is 29.1 Å². The Bertz CT molecular complexity index is 1010. The molecule has 26 heavy (non-hydrogen) atoms. The lowest BCUT2D eigenvalue weighted by molar-refractivity contribution is -0.150. The third-order valence-corrected chi connectivity index (χ3v) is 3.85. The zero-order valence-corrected chi connectivity index (χ0v) is 13.2. The van der Waals surface area contributed by atoms with Crippen molar-refractivity contribution in [2.75, 3.05) is 0 Å². The standard InChI is InChI=1S/C15H12N2O9/c1-2-17-4-6(13(20)21)9(18)5-3-7-8(16-12(5)17)10(19)11(25-7)14(22)26-15(23)24/h3-4,10-11,19H,2H2,1H3,(H,20,21)(H,23,24). The van der Waals surface area contributed by atoms with Gasteiger partial charge in [0, 0.05) is 12.7 Å². The summed E-state index contributed by atoms with van der Waals surface area (Å²) in [7, 11) is 0. The van der Waals surface area contributed by atoms with Crippen molar-refractivity contribution in [1.82, 2.24) is 9.55 Å². The zero-order valence-electron chi connectivity index (χ0n) is 13.2. The molecule has 0 bridgehead atoms. The molecule has 3 N–H and O–H groups in total. The number of nitrogens with zero attached hydrogens (tertiary/aromatic N) is 2. The first-order chi connectivity index (χ1) is 12.2. The summed E-state index contributed by atoms with van der Waals surface area (Å²) in [6.45, 7) is 1.98. The molecule has 0 fully saturated rings. The Balaban J connectivity index is 2.16. The van der Waals surface area contributed by atoms with Gasteiger partial charge in [-0.15, -0.1) is 0 Å². The lowest BCUT2D eigenvalue weighted by Crippen LogP contribution is -2.32. The molecule has 2 atom stereocenters. The Kier molecular flexibility index (Phi) is 4.08. The minimum Gasteiger partial charge on any atom is -0.477 e. The highest BCUT2D eigenvalue weighted by atomic mass is 16.7. The summed E-state index contributed by atoms with van der Waals surface area (Å²) in [5, 5.41) is 27.8. The van der Waals surface area contributed by atoms with Gasteiger partial charge < -0.3 is 29.4 Å². The average Bonchev–Trinajstić information content (AvgIpc) is 2.89. The number of aromatic carboxylic acids is 1. The Morgan fingerprint density at radius 3 is 2.62 bits per heavy atom. The molecule has 0 aromatic carbocycles. The number of fused-ring (bicyclic) bond motifs is 2. The topological polar surface area (TPSA) is 165 Å². The molecule has 0 saturated heterocycles. The van der Waals surface area contributed by atoms with Crippen molar-refractivity contribution in [3.63, 3.8) is 0 Å². The SMILES string of the molecule is CCn1cc(C(=O)O)c(=O)c2cc3c(nc21)C(O)C(C(=O)OC(=O)O)O3. The third-order valence-electron chi connectivity index (χ3n) is 3.85. The van der Waals surface area contributed by atoms with Gasteiger partial charge in [0.25, 0.3) is 0 Å². The van der Waals surface area contributed by atoms with Gasteiger partial charge in [-0.3, -0.25) is 4.79 Å². The van der Waals surface area contributed by atoms with Gasteiger partial charge in [-0.1, -0.05) is 0 Å². The molecule has 2 unspecified atom stereocenters. The summed E-state index contributed by atoms with van der Waals surface area (Å²) < 4.78 is 10.5. The van der Waals surface area contributed by atoms with E-state index in [9.17, 15) is 24.3 Å². The first kappa shape index (κ1) is 17.4. The summed E-state index contributed by atoms with van der Waals surface area (Å²) in [5.41, 5.74) is -1.27. The van der Waals surface area contributed by atoms with E-state index in [1.165, 1.54) is 4.57 Å². The van der Waals surface area contributed by atoms with Crippen molar-refractivity contribution < 1.29 is 39.2 Å². The maximum absolute atomic E-state index is 12.4. The molecular formula is C15H12N2O9. The van der Waals surface area contributed by atoms with Crippen LogP contribution in [0.5, 0.6) is 5.75 Å². The fraction of sp³-hybridized carbons (Fsp3) is 0.267. The van der Waals surface area contributed by atoms with Crippen molar-refractivity contribution in [2.24, 2.45) is 0 Å². The molecule has 1 aliphatic heterocycles. The Morgan fingerprint density at radius 2 is 2.04 bits per heavy atom. The molecule has 0 radical (unpaired) electrons. The first-order valence-corrected chi connectivity index (χ1v) is 7.35. The molecule has 11 heteroatoms. The number of carboxylic acids is 1.